The van der Waals surface area contributed by atoms with Gasteiger partial charge in [0, 0.05) is 25.6 Å². The van der Waals surface area contributed by atoms with E-state index in [0.29, 0.717) is 13.0 Å². The van der Waals surface area contributed by atoms with Crippen molar-refractivity contribution in [1.29, 1.82) is 0 Å². The molecule has 0 saturated carbocycles. The Hall–Kier alpha value is -0.900. The van der Waals surface area contributed by atoms with E-state index in [-0.39, 0.29) is 24.3 Å². The number of amides is 1. The minimum absolute atomic E-state index is 0.0252. The van der Waals surface area contributed by atoms with Crippen LogP contribution in [0.4, 0.5) is 0 Å². The lowest BCUT2D eigenvalue weighted by Crippen LogP contribution is -2.38. The van der Waals surface area contributed by atoms with E-state index in [4.69, 9.17) is 4.74 Å². The van der Waals surface area contributed by atoms with E-state index in [9.17, 15) is 9.59 Å². The van der Waals surface area contributed by atoms with Crippen LogP contribution < -0.4 is 0 Å². The second-order valence-electron chi connectivity index (χ2n) is 4.34. The standard InChI is InChI=1S/C12H21NO3/c1-3-7-16-9-12(15)13-6-4-5-11(13)8-10(2)14/h11H,3-9H2,1-2H3. The molecule has 1 aliphatic rings. The van der Waals surface area contributed by atoms with Crippen LogP contribution in [-0.2, 0) is 14.3 Å². The predicted molar refractivity (Wildman–Crippen MR) is 61.1 cm³/mol. The molecule has 1 atom stereocenters. The summed E-state index contributed by atoms with van der Waals surface area (Å²) >= 11 is 0. The Bertz CT molecular complexity index is 253. The van der Waals surface area contributed by atoms with Gasteiger partial charge in [-0.15, -0.1) is 0 Å². The summed E-state index contributed by atoms with van der Waals surface area (Å²) in [6.45, 7) is 5.14. The molecule has 1 saturated heterocycles. The summed E-state index contributed by atoms with van der Waals surface area (Å²) in [7, 11) is 0. The van der Waals surface area contributed by atoms with Crippen molar-refractivity contribution in [3.8, 4) is 0 Å². The van der Waals surface area contributed by atoms with Gasteiger partial charge < -0.3 is 9.64 Å². The Labute approximate surface area is 96.9 Å². The highest BCUT2D eigenvalue weighted by molar-refractivity contribution is 5.80. The maximum atomic E-state index is 11.8. The van der Waals surface area contributed by atoms with Crippen LogP contribution in [0.1, 0.15) is 39.5 Å². The maximum Gasteiger partial charge on any atom is 0.248 e. The van der Waals surface area contributed by atoms with E-state index >= 15 is 0 Å². The van der Waals surface area contributed by atoms with Crippen molar-refractivity contribution in [2.75, 3.05) is 19.8 Å². The predicted octanol–water partition coefficient (Wildman–Crippen LogP) is 1.38. The number of likely N-dealkylation sites (tertiary alicyclic amines) is 1. The highest BCUT2D eigenvalue weighted by atomic mass is 16.5. The average Bonchev–Trinajstić information content (AvgIpc) is 2.65. The molecule has 0 aromatic rings. The highest BCUT2D eigenvalue weighted by Crippen LogP contribution is 2.20. The number of ether oxygens (including phenoxy) is 1. The molecular weight excluding hydrogens is 206 g/mol. The van der Waals surface area contributed by atoms with Gasteiger partial charge in [0.05, 0.1) is 0 Å². The molecule has 0 N–H and O–H groups in total. The van der Waals surface area contributed by atoms with Crippen LogP contribution in [0.15, 0.2) is 0 Å². The zero-order valence-electron chi connectivity index (χ0n) is 10.2. The summed E-state index contributed by atoms with van der Waals surface area (Å²) in [5.41, 5.74) is 0. The van der Waals surface area contributed by atoms with E-state index in [1.54, 1.807) is 11.8 Å². The van der Waals surface area contributed by atoms with Gasteiger partial charge in [-0.3, -0.25) is 9.59 Å². The molecule has 1 aliphatic heterocycles. The molecule has 1 amide bonds. The van der Waals surface area contributed by atoms with Crippen LogP contribution in [-0.4, -0.2) is 42.4 Å². The lowest BCUT2D eigenvalue weighted by molar-refractivity contribution is -0.137. The number of carbonyl (C=O) groups is 2. The van der Waals surface area contributed by atoms with Crippen molar-refractivity contribution < 1.29 is 14.3 Å². The Morgan fingerprint density at radius 1 is 1.44 bits per heavy atom. The smallest absolute Gasteiger partial charge is 0.248 e. The number of nitrogens with zero attached hydrogens (tertiary/aromatic N) is 1. The number of hydrogen-bond acceptors (Lipinski definition) is 3. The molecule has 92 valence electrons. The monoisotopic (exact) mass is 227 g/mol. The van der Waals surface area contributed by atoms with E-state index in [1.165, 1.54) is 0 Å². The third-order valence-electron chi connectivity index (χ3n) is 2.79. The van der Waals surface area contributed by atoms with Crippen molar-refractivity contribution in [1.82, 2.24) is 4.90 Å². The second kappa shape index (κ2) is 6.63. The lowest BCUT2D eigenvalue weighted by atomic mass is 10.1. The molecule has 1 fully saturated rings. The Morgan fingerprint density at radius 2 is 2.19 bits per heavy atom. The molecule has 4 heteroatoms. The summed E-state index contributed by atoms with van der Waals surface area (Å²) < 4.78 is 5.23. The van der Waals surface area contributed by atoms with Crippen LogP contribution >= 0.6 is 0 Å². The van der Waals surface area contributed by atoms with Crippen LogP contribution in [0, 0.1) is 0 Å². The fourth-order valence-corrected chi connectivity index (χ4v) is 2.09. The van der Waals surface area contributed by atoms with Gasteiger partial charge in [-0.25, -0.2) is 0 Å². The molecule has 16 heavy (non-hydrogen) atoms. The zero-order chi connectivity index (χ0) is 12.0. The van der Waals surface area contributed by atoms with Crippen molar-refractivity contribution in [2.45, 2.75) is 45.6 Å². The summed E-state index contributed by atoms with van der Waals surface area (Å²) in [6.07, 6.45) is 3.35. The Kier molecular flexibility index (Phi) is 5.46. The third-order valence-corrected chi connectivity index (χ3v) is 2.79. The summed E-state index contributed by atoms with van der Waals surface area (Å²) in [6, 6.07) is 0.107. The van der Waals surface area contributed by atoms with Gasteiger partial charge in [-0.1, -0.05) is 6.92 Å². The van der Waals surface area contributed by atoms with Gasteiger partial charge in [-0.05, 0) is 26.2 Å². The van der Waals surface area contributed by atoms with Crippen LogP contribution in [0.2, 0.25) is 0 Å². The van der Waals surface area contributed by atoms with Crippen LogP contribution in [0.3, 0.4) is 0 Å². The molecule has 1 rings (SSSR count). The summed E-state index contributed by atoms with van der Waals surface area (Å²) in [5, 5.41) is 0. The summed E-state index contributed by atoms with van der Waals surface area (Å²) in [5.74, 6) is 0.177. The zero-order valence-corrected chi connectivity index (χ0v) is 10.2. The number of carbonyl (C=O) groups excluding carboxylic acids is 2. The molecule has 0 aromatic heterocycles. The van der Waals surface area contributed by atoms with Crippen molar-refractivity contribution in [2.24, 2.45) is 0 Å². The third kappa shape index (κ3) is 3.93. The number of ketones is 1. The van der Waals surface area contributed by atoms with E-state index in [0.717, 1.165) is 25.8 Å². The van der Waals surface area contributed by atoms with E-state index in [1.807, 2.05) is 6.92 Å². The summed E-state index contributed by atoms with van der Waals surface area (Å²) in [4.78, 5) is 24.7. The van der Waals surface area contributed by atoms with E-state index < -0.39 is 0 Å². The first-order valence-corrected chi connectivity index (χ1v) is 6.01. The Balaban J connectivity index is 2.38. The molecule has 0 aromatic carbocycles. The van der Waals surface area contributed by atoms with Crippen molar-refractivity contribution in [3.05, 3.63) is 0 Å². The van der Waals surface area contributed by atoms with Gasteiger partial charge in [0.1, 0.15) is 12.4 Å². The fraction of sp³-hybridized carbons (Fsp3) is 0.833. The SMILES string of the molecule is CCCOCC(=O)N1CCCC1CC(C)=O. The van der Waals surface area contributed by atoms with Gasteiger partial charge >= 0.3 is 0 Å². The molecule has 0 spiro atoms. The van der Waals surface area contributed by atoms with Gasteiger partial charge in [0.2, 0.25) is 5.91 Å². The first-order valence-electron chi connectivity index (χ1n) is 6.01. The van der Waals surface area contributed by atoms with Gasteiger partial charge in [0.25, 0.3) is 0 Å². The minimum atomic E-state index is 0.0252. The maximum absolute atomic E-state index is 11.8. The average molecular weight is 227 g/mol. The molecule has 0 radical (unpaired) electrons. The topological polar surface area (TPSA) is 46.6 Å². The molecule has 0 aliphatic carbocycles. The largest absolute Gasteiger partial charge is 0.372 e. The molecular formula is C12H21NO3. The molecule has 0 bridgehead atoms. The molecule has 1 heterocycles. The lowest BCUT2D eigenvalue weighted by Gasteiger charge is -2.23. The van der Waals surface area contributed by atoms with Crippen LogP contribution in [0.5, 0.6) is 0 Å². The van der Waals surface area contributed by atoms with E-state index in [2.05, 4.69) is 0 Å². The van der Waals surface area contributed by atoms with Crippen molar-refractivity contribution in [3.63, 3.8) is 0 Å². The highest BCUT2D eigenvalue weighted by Gasteiger charge is 2.29. The number of rotatable bonds is 6. The Morgan fingerprint density at radius 3 is 2.81 bits per heavy atom. The van der Waals surface area contributed by atoms with Crippen molar-refractivity contribution >= 4 is 11.7 Å². The fourth-order valence-electron chi connectivity index (χ4n) is 2.09. The quantitative estimate of drug-likeness (QED) is 0.644. The minimum Gasteiger partial charge on any atom is -0.372 e. The number of hydrogen-bond donors (Lipinski definition) is 0. The second-order valence-corrected chi connectivity index (χ2v) is 4.34. The first kappa shape index (κ1) is 13.2. The number of Topliss-reactive ketones (excluding diaryl/α,β-unsaturated/α-hetero) is 1. The normalized spacial score (nSPS) is 20.1. The van der Waals surface area contributed by atoms with Gasteiger partial charge in [-0.2, -0.15) is 0 Å². The first-order chi connectivity index (χ1) is 7.65. The molecule has 4 nitrogen and oxygen atoms in total. The van der Waals surface area contributed by atoms with Gasteiger partial charge in [0.15, 0.2) is 0 Å². The van der Waals surface area contributed by atoms with Crippen LogP contribution in [0.25, 0.3) is 0 Å². The molecule has 1 unspecified atom stereocenters.